The van der Waals surface area contributed by atoms with Gasteiger partial charge in [0.25, 0.3) is 5.91 Å². The Morgan fingerprint density at radius 1 is 0.732 bits per heavy atom. The smallest absolute Gasteiger partial charge is 0.323 e. The average molecular weight is 562 g/mol. The number of nitrogens with one attached hydrogen (secondary N) is 2. The summed E-state index contributed by atoms with van der Waals surface area (Å²) < 4.78 is 16.1. The Bertz CT molecular complexity index is 1330. The Labute approximate surface area is 241 Å². The van der Waals surface area contributed by atoms with Crippen LogP contribution in [0.5, 0.6) is 17.2 Å². The lowest BCUT2D eigenvalue weighted by molar-refractivity contribution is 0.0773. The van der Waals surface area contributed by atoms with Crippen LogP contribution in [0, 0.1) is 0 Å². The number of hydrogen-bond donors (Lipinski definition) is 2. The number of anilines is 4. The van der Waals surface area contributed by atoms with Crippen LogP contribution in [0.15, 0.2) is 60.7 Å². The second kappa shape index (κ2) is 13.6. The monoisotopic (exact) mass is 561 g/mol. The zero-order valence-electron chi connectivity index (χ0n) is 24.4. The maximum atomic E-state index is 13.6. The third-order valence-electron chi connectivity index (χ3n) is 7.19. The van der Waals surface area contributed by atoms with Gasteiger partial charge < -0.3 is 39.5 Å². The van der Waals surface area contributed by atoms with Gasteiger partial charge in [0.2, 0.25) is 0 Å². The molecule has 10 nitrogen and oxygen atoms in total. The number of hydrogen-bond acceptors (Lipinski definition) is 7. The summed E-state index contributed by atoms with van der Waals surface area (Å²) in [4.78, 5) is 32.8. The molecular weight excluding hydrogens is 522 g/mol. The van der Waals surface area contributed by atoms with Gasteiger partial charge in [-0.1, -0.05) is 12.1 Å². The Hall–Kier alpha value is -4.60. The summed E-state index contributed by atoms with van der Waals surface area (Å²) in [6.07, 6.45) is 0. The molecule has 0 aromatic heterocycles. The van der Waals surface area contributed by atoms with Crippen LogP contribution >= 0.6 is 0 Å². The normalized spacial score (nSPS) is 12.9. The predicted octanol–water partition coefficient (Wildman–Crippen LogP) is 5.17. The zero-order valence-corrected chi connectivity index (χ0v) is 24.4. The van der Waals surface area contributed by atoms with E-state index in [4.69, 9.17) is 14.2 Å². The molecule has 0 saturated carbocycles. The minimum atomic E-state index is -0.445. The van der Waals surface area contributed by atoms with Gasteiger partial charge in [0.15, 0.2) is 0 Å². The molecule has 0 bridgehead atoms. The third-order valence-corrected chi connectivity index (χ3v) is 7.19. The van der Waals surface area contributed by atoms with E-state index in [9.17, 15) is 9.59 Å². The van der Waals surface area contributed by atoms with Crippen LogP contribution in [0.2, 0.25) is 0 Å². The van der Waals surface area contributed by atoms with Gasteiger partial charge >= 0.3 is 6.03 Å². The highest BCUT2D eigenvalue weighted by Crippen LogP contribution is 2.32. The first-order chi connectivity index (χ1) is 19.9. The van der Waals surface area contributed by atoms with Crippen LogP contribution in [0.25, 0.3) is 0 Å². The number of benzene rings is 3. The fraction of sp³-hybridized carbons (Fsp3) is 0.355. The number of amides is 3. The summed E-state index contributed by atoms with van der Waals surface area (Å²) in [5.41, 5.74) is 3.51. The molecule has 0 unspecified atom stereocenters. The number of urea groups is 1. The van der Waals surface area contributed by atoms with Crippen molar-refractivity contribution in [2.24, 2.45) is 0 Å². The molecule has 3 aromatic carbocycles. The van der Waals surface area contributed by atoms with Crippen LogP contribution in [-0.2, 0) is 0 Å². The molecule has 1 saturated heterocycles. The number of carbonyl (C=O) groups is 2. The second-order valence-electron chi connectivity index (χ2n) is 9.54. The molecule has 218 valence electrons. The average Bonchev–Trinajstić information content (AvgIpc) is 3.01. The van der Waals surface area contributed by atoms with Crippen molar-refractivity contribution < 1.29 is 23.8 Å². The van der Waals surface area contributed by atoms with Gasteiger partial charge in [-0.2, -0.15) is 0 Å². The number of para-hydroxylation sites is 2. The number of carbonyl (C=O) groups excluding carboxylic acids is 2. The van der Waals surface area contributed by atoms with E-state index in [1.807, 2.05) is 44.2 Å². The zero-order chi connectivity index (χ0) is 29.4. The van der Waals surface area contributed by atoms with Crippen LogP contribution in [0.4, 0.5) is 27.5 Å². The summed E-state index contributed by atoms with van der Waals surface area (Å²) in [5.74, 6) is 1.89. The molecule has 4 rings (SSSR count). The van der Waals surface area contributed by atoms with Gasteiger partial charge in [-0.3, -0.25) is 4.79 Å². The van der Waals surface area contributed by atoms with Crippen molar-refractivity contribution in [2.75, 3.05) is 81.0 Å². The lowest BCUT2D eigenvalue weighted by Gasteiger charge is -2.38. The minimum absolute atomic E-state index is 0.0706. The first kappa shape index (κ1) is 29.4. The largest absolute Gasteiger partial charge is 0.497 e. The van der Waals surface area contributed by atoms with E-state index in [0.29, 0.717) is 41.5 Å². The summed E-state index contributed by atoms with van der Waals surface area (Å²) in [6, 6.07) is 18.2. The molecule has 0 aliphatic carbocycles. The van der Waals surface area contributed by atoms with Gasteiger partial charge in [0.05, 0.1) is 32.6 Å². The third kappa shape index (κ3) is 6.95. The molecule has 41 heavy (non-hydrogen) atoms. The van der Waals surface area contributed by atoms with Crippen molar-refractivity contribution in [1.29, 1.82) is 0 Å². The Morgan fingerprint density at radius 2 is 1.32 bits per heavy atom. The SMILES string of the molecule is CCN(CC)C(=O)c1cc(NC(=O)Nc2cc(OC)cc(OC)c2)ccc1N1CCN(c2ccccc2OC)CC1. The van der Waals surface area contributed by atoms with E-state index >= 15 is 0 Å². The van der Waals surface area contributed by atoms with Gasteiger partial charge in [0.1, 0.15) is 17.2 Å². The molecule has 1 fully saturated rings. The fourth-order valence-corrected chi connectivity index (χ4v) is 4.99. The van der Waals surface area contributed by atoms with Crippen molar-refractivity contribution in [2.45, 2.75) is 13.8 Å². The molecule has 3 aromatic rings. The number of ether oxygens (including phenoxy) is 3. The quantitative estimate of drug-likeness (QED) is 0.353. The van der Waals surface area contributed by atoms with Crippen LogP contribution < -0.4 is 34.6 Å². The van der Waals surface area contributed by atoms with Crippen molar-refractivity contribution in [3.05, 3.63) is 66.2 Å². The minimum Gasteiger partial charge on any atom is -0.497 e. The molecule has 1 aliphatic heterocycles. The summed E-state index contributed by atoms with van der Waals surface area (Å²) in [7, 11) is 4.78. The summed E-state index contributed by atoms with van der Waals surface area (Å²) in [6.45, 7) is 8.15. The molecule has 1 aliphatic rings. The first-order valence-corrected chi connectivity index (χ1v) is 13.8. The number of rotatable bonds is 10. The predicted molar refractivity (Wildman–Crippen MR) is 163 cm³/mol. The second-order valence-corrected chi connectivity index (χ2v) is 9.54. The van der Waals surface area contributed by atoms with Crippen LogP contribution in [0.1, 0.15) is 24.2 Å². The lowest BCUT2D eigenvalue weighted by Crippen LogP contribution is -2.47. The van der Waals surface area contributed by atoms with E-state index in [-0.39, 0.29) is 5.91 Å². The number of nitrogens with zero attached hydrogens (tertiary/aromatic N) is 3. The van der Waals surface area contributed by atoms with E-state index in [1.54, 1.807) is 50.5 Å². The molecular formula is C31H39N5O5. The van der Waals surface area contributed by atoms with Crippen molar-refractivity contribution in [3.63, 3.8) is 0 Å². The van der Waals surface area contributed by atoms with E-state index < -0.39 is 6.03 Å². The molecule has 0 atom stereocenters. The highest BCUT2D eigenvalue weighted by atomic mass is 16.5. The Morgan fingerprint density at radius 3 is 1.90 bits per heavy atom. The van der Waals surface area contributed by atoms with E-state index in [1.165, 1.54) is 0 Å². The summed E-state index contributed by atoms with van der Waals surface area (Å²) >= 11 is 0. The Balaban J connectivity index is 1.54. The molecule has 1 heterocycles. The highest BCUT2D eigenvalue weighted by Gasteiger charge is 2.25. The maximum Gasteiger partial charge on any atom is 0.323 e. The van der Waals surface area contributed by atoms with Gasteiger partial charge in [-0.15, -0.1) is 0 Å². The lowest BCUT2D eigenvalue weighted by atomic mass is 10.1. The number of piperazine rings is 1. The van der Waals surface area contributed by atoms with Gasteiger partial charge in [-0.05, 0) is 44.2 Å². The van der Waals surface area contributed by atoms with Crippen LogP contribution in [0.3, 0.4) is 0 Å². The fourth-order valence-electron chi connectivity index (χ4n) is 4.99. The van der Waals surface area contributed by atoms with Gasteiger partial charge in [-0.25, -0.2) is 4.79 Å². The van der Waals surface area contributed by atoms with E-state index in [0.717, 1.165) is 43.3 Å². The highest BCUT2D eigenvalue weighted by molar-refractivity contribution is 6.04. The molecule has 0 spiro atoms. The first-order valence-electron chi connectivity index (χ1n) is 13.8. The number of methoxy groups -OCH3 is 3. The van der Waals surface area contributed by atoms with Crippen molar-refractivity contribution in [1.82, 2.24) is 4.90 Å². The van der Waals surface area contributed by atoms with Crippen molar-refractivity contribution in [3.8, 4) is 17.2 Å². The molecule has 3 amide bonds. The van der Waals surface area contributed by atoms with Gasteiger partial charge in [0, 0.05) is 74.5 Å². The Kier molecular flexibility index (Phi) is 9.78. The molecule has 10 heteroatoms. The molecule has 2 N–H and O–H groups in total. The summed E-state index contributed by atoms with van der Waals surface area (Å²) in [5, 5.41) is 5.67. The van der Waals surface area contributed by atoms with Crippen molar-refractivity contribution >= 4 is 34.7 Å². The maximum absolute atomic E-state index is 13.6. The van der Waals surface area contributed by atoms with E-state index in [2.05, 4.69) is 26.5 Å². The molecule has 0 radical (unpaired) electrons. The standard InChI is InChI=1S/C31H39N5O5/c1-6-34(7-2)30(37)26-20-22(32-31(38)33-23-18-24(39-3)21-25(19-23)40-4)12-13-27(26)35-14-16-36(17-15-35)28-10-8-9-11-29(28)41-5/h8-13,18-21H,6-7,14-17H2,1-5H3,(H2,32,33,38). The van der Waals surface area contributed by atoms with Crippen LogP contribution in [-0.4, -0.2) is 77.4 Å². The topological polar surface area (TPSA) is 95.6 Å².